The van der Waals surface area contributed by atoms with Crippen molar-refractivity contribution in [1.29, 1.82) is 0 Å². The summed E-state index contributed by atoms with van der Waals surface area (Å²) in [5.41, 5.74) is 3.68. The van der Waals surface area contributed by atoms with E-state index in [0.29, 0.717) is 0 Å². The van der Waals surface area contributed by atoms with Gasteiger partial charge >= 0.3 is 5.97 Å². The number of rotatable bonds is 6. The molecule has 0 atom stereocenters. The summed E-state index contributed by atoms with van der Waals surface area (Å²) in [5, 5.41) is 12.8. The minimum atomic E-state index is -0.877. The molecule has 0 saturated carbocycles. The minimum Gasteiger partial charge on any atom is -0.480 e. The van der Waals surface area contributed by atoms with Crippen molar-refractivity contribution < 1.29 is 9.90 Å². The Morgan fingerprint density at radius 1 is 1.29 bits per heavy atom. The molecule has 0 aliphatic rings. The fourth-order valence-corrected chi connectivity index (χ4v) is 2.45. The number of anilines is 2. The van der Waals surface area contributed by atoms with Crippen LogP contribution >= 0.6 is 0 Å². The van der Waals surface area contributed by atoms with Crippen LogP contribution in [0, 0.1) is 6.92 Å². The number of hydrogen-bond acceptors (Lipinski definition) is 4. The molecule has 1 aromatic heterocycles. The molecule has 0 spiro atoms. The molecule has 0 unspecified atom stereocenters. The highest BCUT2D eigenvalue weighted by atomic mass is 16.4. The lowest BCUT2D eigenvalue weighted by molar-refractivity contribution is -0.134. The van der Waals surface area contributed by atoms with Crippen LogP contribution in [-0.2, 0) is 4.79 Å². The van der Waals surface area contributed by atoms with Gasteiger partial charge in [-0.3, -0.25) is 9.78 Å². The van der Waals surface area contributed by atoms with Crippen molar-refractivity contribution in [3.8, 4) is 0 Å². The number of aromatic nitrogens is 1. The van der Waals surface area contributed by atoms with Gasteiger partial charge < -0.3 is 15.3 Å². The first-order valence-electron chi connectivity index (χ1n) is 7.17. The van der Waals surface area contributed by atoms with Crippen LogP contribution in [0.15, 0.2) is 24.3 Å². The molecule has 0 amide bonds. The quantitative estimate of drug-likeness (QED) is 0.855. The average molecular weight is 287 g/mol. The predicted molar refractivity (Wildman–Crippen MR) is 86.2 cm³/mol. The molecule has 0 saturated heterocycles. The molecule has 1 heterocycles. The molecular weight excluding hydrogens is 266 g/mol. The van der Waals surface area contributed by atoms with E-state index in [9.17, 15) is 4.79 Å². The van der Waals surface area contributed by atoms with Crippen LogP contribution < -0.4 is 10.2 Å². The van der Waals surface area contributed by atoms with Gasteiger partial charge in [-0.15, -0.1) is 0 Å². The van der Waals surface area contributed by atoms with Gasteiger partial charge in [0.05, 0.1) is 5.52 Å². The molecule has 2 aromatic rings. The van der Waals surface area contributed by atoms with Crippen LogP contribution in [0.25, 0.3) is 10.9 Å². The maximum absolute atomic E-state index is 10.8. The van der Waals surface area contributed by atoms with Crippen LogP contribution in [-0.4, -0.2) is 35.7 Å². The smallest absolute Gasteiger partial charge is 0.322 e. The Labute approximate surface area is 124 Å². The Hall–Kier alpha value is -2.30. The number of carboxylic acid groups (broad SMARTS) is 1. The Morgan fingerprint density at radius 3 is 2.62 bits per heavy atom. The van der Waals surface area contributed by atoms with E-state index in [2.05, 4.69) is 41.2 Å². The van der Waals surface area contributed by atoms with Crippen molar-refractivity contribution in [2.24, 2.45) is 0 Å². The summed E-state index contributed by atoms with van der Waals surface area (Å²) in [7, 11) is 0. The largest absolute Gasteiger partial charge is 0.480 e. The van der Waals surface area contributed by atoms with Crippen molar-refractivity contribution in [3.05, 3.63) is 30.0 Å². The highest BCUT2D eigenvalue weighted by Crippen LogP contribution is 2.27. The third kappa shape index (κ3) is 3.42. The second-order valence-corrected chi connectivity index (χ2v) is 4.93. The van der Waals surface area contributed by atoms with Crippen molar-refractivity contribution in [2.45, 2.75) is 20.8 Å². The zero-order chi connectivity index (χ0) is 15.4. The van der Waals surface area contributed by atoms with E-state index in [0.717, 1.165) is 41.1 Å². The summed E-state index contributed by atoms with van der Waals surface area (Å²) in [4.78, 5) is 17.5. The van der Waals surface area contributed by atoms with Gasteiger partial charge in [0, 0.05) is 35.5 Å². The van der Waals surface area contributed by atoms with Crippen molar-refractivity contribution in [2.75, 3.05) is 29.9 Å². The topological polar surface area (TPSA) is 65.5 Å². The van der Waals surface area contributed by atoms with E-state index in [1.807, 2.05) is 19.1 Å². The van der Waals surface area contributed by atoms with E-state index in [1.54, 1.807) is 0 Å². The Balaban J connectivity index is 2.49. The molecule has 0 bridgehead atoms. The molecule has 2 N–H and O–H groups in total. The second kappa shape index (κ2) is 6.43. The molecule has 0 aliphatic heterocycles. The number of nitrogens with one attached hydrogen (secondary N) is 1. The van der Waals surface area contributed by atoms with Crippen LogP contribution in [0.1, 0.15) is 19.5 Å². The second-order valence-electron chi connectivity index (χ2n) is 4.93. The van der Waals surface area contributed by atoms with E-state index >= 15 is 0 Å². The molecule has 2 rings (SSSR count). The molecule has 0 radical (unpaired) electrons. The molecular formula is C16H21N3O2. The maximum atomic E-state index is 10.8. The number of benzene rings is 1. The van der Waals surface area contributed by atoms with Crippen LogP contribution in [0.2, 0.25) is 0 Å². The molecule has 5 heteroatoms. The van der Waals surface area contributed by atoms with Gasteiger partial charge in [-0.25, -0.2) is 0 Å². The first kappa shape index (κ1) is 15.1. The molecule has 112 valence electrons. The lowest BCUT2D eigenvalue weighted by Gasteiger charge is -2.22. The van der Waals surface area contributed by atoms with Gasteiger partial charge in [0.2, 0.25) is 0 Å². The van der Waals surface area contributed by atoms with Crippen molar-refractivity contribution >= 4 is 28.2 Å². The normalized spacial score (nSPS) is 10.6. The molecule has 0 fully saturated rings. The Bertz CT molecular complexity index is 651. The van der Waals surface area contributed by atoms with E-state index in [-0.39, 0.29) is 6.54 Å². The fraction of sp³-hybridized carbons (Fsp3) is 0.375. The maximum Gasteiger partial charge on any atom is 0.322 e. The number of fused-ring (bicyclic) bond motifs is 1. The first-order valence-corrected chi connectivity index (χ1v) is 7.17. The number of carboxylic acids is 1. The standard InChI is InChI=1S/C16H21N3O2/c1-4-19(5-2)12-6-7-14-13(9-12)15(8-11(3)18-14)17-10-16(20)21/h6-9H,4-5,10H2,1-3H3,(H,17,18)(H,20,21). The number of carbonyl (C=O) groups is 1. The summed E-state index contributed by atoms with van der Waals surface area (Å²) < 4.78 is 0. The number of aliphatic carboxylic acids is 1. The summed E-state index contributed by atoms with van der Waals surface area (Å²) >= 11 is 0. The first-order chi connectivity index (χ1) is 10.0. The number of aryl methyl sites for hydroxylation is 1. The third-order valence-corrected chi connectivity index (χ3v) is 3.48. The lowest BCUT2D eigenvalue weighted by Crippen LogP contribution is -2.21. The minimum absolute atomic E-state index is 0.103. The fourth-order valence-electron chi connectivity index (χ4n) is 2.45. The van der Waals surface area contributed by atoms with Gasteiger partial charge in [0.15, 0.2) is 0 Å². The predicted octanol–water partition coefficient (Wildman–Crippen LogP) is 2.89. The van der Waals surface area contributed by atoms with E-state index < -0.39 is 5.97 Å². The highest BCUT2D eigenvalue weighted by molar-refractivity contribution is 5.94. The Morgan fingerprint density at radius 2 is 2.00 bits per heavy atom. The Kier molecular flexibility index (Phi) is 4.62. The zero-order valence-electron chi connectivity index (χ0n) is 12.7. The highest BCUT2D eigenvalue weighted by Gasteiger charge is 2.09. The third-order valence-electron chi connectivity index (χ3n) is 3.48. The number of pyridine rings is 1. The average Bonchev–Trinajstić information content (AvgIpc) is 2.46. The van der Waals surface area contributed by atoms with Crippen LogP contribution in [0.3, 0.4) is 0 Å². The zero-order valence-corrected chi connectivity index (χ0v) is 12.7. The van der Waals surface area contributed by atoms with Crippen LogP contribution in [0.4, 0.5) is 11.4 Å². The molecule has 21 heavy (non-hydrogen) atoms. The number of hydrogen-bond donors (Lipinski definition) is 2. The summed E-state index contributed by atoms with van der Waals surface area (Å²) in [6, 6.07) is 8.00. The van der Waals surface area contributed by atoms with E-state index in [1.165, 1.54) is 0 Å². The summed E-state index contributed by atoms with van der Waals surface area (Å²) in [6.07, 6.45) is 0. The SMILES string of the molecule is CCN(CC)c1ccc2nc(C)cc(NCC(=O)O)c2c1. The monoisotopic (exact) mass is 287 g/mol. The van der Waals surface area contributed by atoms with Gasteiger partial charge in [-0.1, -0.05) is 0 Å². The molecule has 1 aromatic carbocycles. The van der Waals surface area contributed by atoms with Crippen LogP contribution in [0.5, 0.6) is 0 Å². The van der Waals surface area contributed by atoms with E-state index in [4.69, 9.17) is 5.11 Å². The lowest BCUT2D eigenvalue weighted by atomic mass is 10.1. The van der Waals surface area contributed by atoms with Gasteiger partial charge in [0.1, 0.15) is 6.54 Å². The van der Waals surface area contributed by atoms with Crippen molar-refractivity contribution in [3.63, 3.8) is 0 Å². The van der Waals surface area contributed by atoms with Crippen molar-refractivity contribution in [1.82, 2.24) is 4.98 Å². The van der Waals surface area contributed by atoms with Gasteiger partial charge in [0.25, 0.3) is 0 Å². The van der Waals surface area contributed by atoms with Gasteiger partial charge in [-0.2, -0.15) is 0 Å². The van der Waals surface area contributed by atoms with Gasteiger partial charge in [-0.05, 0) is 45.0 Å². The number of nitrogens with zero attached hydrogens (tertiary/aromatic N) is 2. The molecule has 0 aliphatic carbocycles. The molecule has 5 nitrogen and oxygen atoms in total. The summed E-state index contributed by atoms with van der Waals surface area (Å²) in [6.45, 7) is 7.89. The summed E-state index contributed by atoms with van der Waals surface area (Å²) in [5.74, 6) is -0.877.